The predicted molar refractivity (Wildman–Crippen MR) is 108 cm³/mol. The Morgan fingerprint density at radius 3 is 2.62 bits per heavy atom. The van der Waals surface area contributed by atoms with E-state index < -0.39 is 0 Å². The molecule has 1 aliphatic carbocycles. The molecular weight excluding hydrogens is 320 g/mol. The summed E-state index contributed by atoms with van der Waals surface area (Å²) in [5, 5.41) is 3.48. The second-order valence-electron chi connectivity index (χ2n) is 8.15. The molecule has 5 rings (SSSR count). The van der Waals surface area contributed by atoms with E-state index in [1.54, 1.807) is 5.56 Å². The van der Waals surface area contributed by atoms with E-state index in [1.807, 2.05) is 0 Å². The molecule has 0 amide bonds. The molecule has 26 heavy (non-hydrogen) atoms. The van der Waals surface area contributed by atoms with E-state index in [-0.39, 0.29) is 0 Å². The Hall–Kier alpha value is -2.10. The van der Waals surface area contributed by atoms with Crippen LogP contribution in [0.5, 0.6) is 0 Å². The van der Waals surface area contributed by atoms with Gasteiger partial charge in [0.25, 0.3) is 0 Å². The molecule has 0 spiro atoms. The first-order chi connectivity index (χ1) is 12.6. The Morgan fingerprint density at radius 1 is 1.12 bits per heavy atom. The van der Waals surface area contributed by atoms with Crippen LogP contribution in [0.25, 0.3) is 0 Å². The van der Waals surface area contributed by atoms with Gasteiger partial charge in [-0.2, -0.15) is 4.98 Å². The molecule has 2 aliphatic heterocycles. The Labute approximate surface area is 157 Å². The summed E-state index contributed by atoms with van der Waals surface area (Å²) in [7, 11) is 0. The van der Waals surface area contributed by atoms with Crippen LogP contribution in [0.2, 0.25) is 0 Å². The van der Waals surface area contributed by atoms with Crippen molar-refractivity contribution in [2.75, 3.05) is 16.8 Å². The van der Waals surface area contributed by atoms with Gasteiger partial charge in [-0.25, -0.2) is 4.98 Å². The number of anilines is 2. The number of hydrogen-bond donors (Lipinski definition) is 1. The third kappa shape index (κ3) is 3.06. The minimum atomic E-state index is 0.379. The summed E-state index contributed by atoms with van der Waals surface area (Å²) in [4.78, 5) is 12.2. The molecule has 0 unspecified atom stereocenters. The van der Waals surface area contributed by atoms with Gasteiger partial charge in [-0.3, -0.25) is 0 Å². The van der Waals surface area contributed by atoms with Gasteiger partial charge in [0.05, 0.1) is 11.7 Å². The standard InChI is InChI=1S/C22H30N4/c1-5-15(4)23-22-24-19(14(2)3)12-21(25-22)26-13-16-10-11-20(26)18-9-7-6-8-17(16)18/h6-9,12,14-16,20H,5,10-11,13H2,1-4H3,(H,23,24,25)/t15-,16+,20-/m0/s1. The van der Waals surface area contributed by atoms with Crippen LogP contribution in [0.4, 0.5) is 11.8 Å². The zero-order chi connectivity index (χ0) is 18.3. The molecule has 0 saturated carbocycles. The minimum Gasteiger partial charge on any atom is -0.352 e. The van der Waals surface area contributed by atoms with Gasteiger partial charge in [0.2, 0.25) is 5.95 Å². The van der Waals surface area contributed by atoms with Crippen molar-refractivity contribution < 1.29 is 0 Å². The molecule has 1 aromatic heterocycles. The summed E-state index contributed by atoms with van der Waals surface area (Å²) >= 11 is 0. The third-order valence-corrected chi connectivity index (χ3v) is 5.98. The highest BCUT2D eigenvalue weighted by molar-refractivity contribution is 5.53. The molecule has 2 aromatic rings. The molecule has 4 nitrogen and oxygen atoms in total. The average molecular weight is 351 g/mol. The van der Waals surface area contributed by atoms with Gasteiger partial charge in [0.1, 0.15) is 5.82 Å². The van der Waals surface area contributed by atoms with E-state index in [1.165, 1.54) is 18.4 Å². The van der Waals surface area contributed by atoms with Crippen LogP contribution < -0.4 is 10.2 Å². The van der Waals surface area contributed by atoms with Gasteiger partial charge in [-0.1, -0.05) is 45.0 Å². The van der Waals surface area contributed by atoms with Crippen LogP contribution >= 0.6 is 0 Å². The Balaban J connectivity index is 1.72. The fraction of sp³-hybridized carbons (Fsp3) is 0.545. The van der Waals surface area contributed by atoms with Crippen LogP contribution in [-0.4, -0.2) is 22.6 Å². The number of nitrogens with zero attached hydrogens (tertiary/aromatic N) is 3. The molecule has 2 bridgehead atoms. The lowest BCUT2D eigenvalue weighted by Gasteiger charge is -2.47. The molecule has 4 heteroatoms. The van der Waals surface area contributed by atoms with Crippen molar-refractivity contribution in [2.24, 2.45) is 0 Å². The highest BCUT2D eigenvalue weighted by atomic mass is 15.3. The lowest BCUT2D eigenvalue weighted by Crippen LogP contribution is -2.43. The zero-order valence-electron chi connectivity index (χ0n) is 16.4. The van der Waals surface area contributed by atoms with E-state index in [9.17, 15) is 0 Å². The summed E-state index contributed by atoms with van der Waals surface area (Å²) < 4.78 is 0. The number of piperidine rings is 1. The van der Waals surface area contributed by atoms with Crippen molar-refractivity contribution in [3.8, 4) is 0 Å². The molecule has 0 radical (unpaired) electrons. The topological polar surface area (TPSA) is 41.1 Å². The lowest BCUT2D eigenvalue weighted by molar-refractivity contribution is 0.387. The van der Waals surface area contributed by atoms with Crippen molar-refractivity contribution in [3.05, 3.63) is 47.2 Å². The number of nitrogens with one attached hydrogen (secondary N) is 1. The number of hydrogen-bond acceptors (Lipinski definition) is 4. The van der Waals surface area contributed by atoms with E-state index in [0.717, 1.165) is 30.4 Å². The van der Waals surface area contributed by atoms with E-state index >= 15 is 0 Å². The zero-order valence-corrected chi connectivity index (χ0v) is 16.4. The quantitative estimate of drug-likeness (QED) is 0.799. The number of rotatable bonds is 5. The average Bonchev–Trinajstić information content (AvgIpc) is 2.68. The van der Waals surface area contributed by atoms with E-state index in [0.29, 0.717) is 23.9 Å². The summed E-state index contributed by atoms with van der Waals surface area (Å²) in [5.74, 6) is 2.87. The molecular formula is C22H30N4. The van der Waals surface area contributed by atoms with Crippen molar-refractivity contribution in [1.82, 2.24) is 9.97 Å². The summed E-state index contributed by atoms with van der Waals surface area (Å²) in [6.07, 6.45) is 3.57. The van der Waals surface area contributed by atoms with Crippen LogP contribution in [0.15, 0.2) is 30.3 Å². The monoisotopic (exact) mass is 350 g/mol. The molecule has 1 aromatic carbocycles. The summed E-state index contributed by atoms with van der Waals surface area (Å²) in [6, 6.07) is 12.0. The first-order valence-corrected chi connectivity index (χ1v) is 10.1. The van der Waals surface area contributed by atoms with Crippen molar-refractivity contribution >= 4 is 11.8 Å². The highest BCUT2D eigenvalue weighted by Gasteiger charge is 2.38. The molecule has 1 N–H and O–H groups in total. The van der Waals surface area contributed by atoms with Gasteiger partial charge in [-0.05, 0) is 43.2 Å². The second kappa shape index (κ2) is 6.90. The largest absolute Gasteiger partial charge is 0.352 e. The fourth-order valence-electron chi connectivity index (χ4n) is 4.27. The maximum atomic E-state index is 4.92. The minimum absolute atomic E-state index is 0.379. The van der Waals surface area contributed by atoms with Crippen molar-refractivity contribution in [2.45, 2.75) is 70.9 Å². The highest BCUT2D eigenvalue weighted by Crippen LogP contribution is 2.48. The Bertz CT molecular complexity index is 785. The van der Waals surface area contributed by atoms with Crippen LogP contribution in [-0.2, 0) is 0 Å². The smallest absolute Gasteiger partial charge is 0.225 e. The molecule has 3 heterocycles. The molecule has 3 atom stereocenters. The van der Waals surface area contributed by atoms with Crippen molar-refractivity contribution in [3.63, 3.8) is 0 Å². The van der Waals surface area contributed by atoms with Gasteiger partial charge in [0.15, 0.2) is 0 Å². The molecule has 138 valence electrons. The maximum Gasteiger partial charge on any atom is 0.225 e. The molecule has 1 saturated heterocycles. The van der Waals surface area contributed by atoms with Crippen LogP contribution in [0.3, 0.4) is 0 Å². The Kier molecular flexibility index (Phi) is 4.60. The number of benzene rings is 1. The fourth-order valence-corrected chi connectivity index (χ4v) is 4.27. The van der Waals surface area contributed by atoms with Crippen LogP contribution in [0.1, 0.15) is 81.7 Å². The first kappa shape index (κ1) is 17.3. The molecule has 1 fully saturated rings. The van der Waals surface area contributed by atoms with E-state index in [4.69, 9.17) is 9.97 Å². The molecule has 3 aliphatic rings. The SMILES string of the molecule is CC[C@H](C)Nc1nc(C(C)C)cc(N2C[C@H]3CC[C@H]2c2ccccc23)n1. The first-order valence-electron chi connectivity index (χ1n) is 10.1. The normalized spacial score (nSPS) is 22.4. The maximum absolute atomic E-state index is 4.92. The Morgan fingerprint density at radius 2 is 1.88 bits per heavy atom. The van der Waals surface area contributed by atoms with Gasteiger partial charge < -0.3 is 10.2 Å². The van der Waals surface area contributed by atoms with Crippen molar-refractivity contribution in [1.29, 1.82) is 0 Å². The summed E-state index contributed by atoms with van der Waals surface area (Å²) in [5.41, 5.74) is 4.17. The number of fused-ring (bicyclic) bond motifs is 2. The second-order valence-corrected chi connectivity index (χ2v) is 8.15. The lowest BCUT2D eigenvalue weighted by atomic mass is 9.75. The van der Waals surface area contributed by atoms with Gasteiger partial charge in [0, 0.05) is 24.6 Å². The van der Waals surface area contributed by atoms with Crippen LogP contribution in [0, 0.1) is 0 Å². The predicted octanol–water partition coefficient (Wildman–Crippen LogP) is 5.25. The third-order valence-electron chi connectivity index (χ3n) is 5.98. The number of aromatic nitrogens is 2. The van der Waals surface area contributed by atoms with Gasteiger partial charge >= 0.3 is 0 Å². The van der Waals surface area contributed by atoms with Gasteiger partial charge in [-0.15, -0.1) is 0 Å². The van der Waals surface area contributed by atoms with E-state index in [2.05, 4.69) is 68.2 Å². The summed E-state index contributed by atoms with van der Waals surface area (Å²) in [6.45, 7) is 9.85.